The number of carbonyl (C=O) groups excluding carboxylic acids is 1. The van der Waals surface area contributed by atoms with Gasteiger partial charge in [-0.2, -0.15) is 0 Å². The smallest absolute Gasteiger partial charge is 0.404 e. The maximum Gasteiger partial charge on any atom is 0.404 e. The minimum atomic E-state index is -1.16. The minimum absolute atomic E-state index is 0.324. The molecular formula is C9H16N2O6. The normalized spacial score (nSPS) is 7.12. The van der Waals surface area contributed by atoms with E-state index in [1.807, 2.05) is 0 Å². The molecule has 0 bridgehead atoms. The van der Waals surface area contributed by atoms with Crippen molar-refractivity contribution in [2.24, 2.45) is 11.5 Å². The van der Waals surface area contributed by atoms with E-state index in [1.165, 1.54) is 0 Å². The quantitative estimate of drug-likeness (QED) is 0.508. The van der Waals surface area contributed by atoms with E-state index in [0.717, 1.165) is 6.08 Å². The largest absolute Gasteiger partial charge is 0.478 e. The molecule has 0 aromatic heterocycles. The van der Waals surface area contributed by atoms with Gasteiger partial charge in [-0.05, 0) is 6.92 Å². The maximum absolute atomic E-state index is 9.60. The number of aliphatic carboxylic acids is 2. The van der Waals surface area contributed by atoms with E-state index < -0.39 is 18.0 Å². The van der Waals surface area contributed by atoms with Gasteiger partial charge in [-0.25, -0.2) is 14.4 Å². The highest BCUT2D eigenvalue weighted by Crippen LogP contribution is 1.69. The van der Waals surface area contributed by atoms with Crippen molar-refractivity contribution in [1.82, 2.24) is 0 Å². The standard InChI is InChI=1S/C3H7NO2.C3H5NO2.C3H4O2/c1-2-6-3(4)5;1-2(4)3(5)6;1-2-3(4)5/h2H2,1H3,(H2,4,5);1,4H2,(H,5,6);2H,1H2,(H,4,5). The molecule has 0 aromatic rings. The number of amides is 1. The second kappa shape index (κ2) is 13.5. The van der Waals surface area contributed by atoms with Gasteiger partial charge in [0.2, 0.25) is 0 Å². The SMILES string of the molecule is C=C(N)C(=O)O.C=CC(=O)O.CCOC(N)=O. The van der Waals surface area contributed by atoms with E-state index in [2.05, 4.69) is 29.4 Å². The van der Waals surface area contributed by atoms with Crippen molar-refractivity contribution in [2.45, 2.75) is 6.92 Å². The number of rotatable bonds is 3. The lowest BCUT2D eigenvalue weighted by Crippen LogP contribution is -2.11. The summed E-state index contributed by atoms with van der Waals surface area (Å²) in [6, 6.07) is 0. The number of carbonyl (C=O) groups is 3. The van der Waals surface area contributed by atoms with Crippen molar-refractivity contribution in [3.63, 3.8) is 0 Å². The van der Waals surface area contributed by atoms with E-state index in [4.69, 9.17) is 10.2 Å². The molecule has 0 heterocycles. The van der Waals surface area contributed by atoms with Gasteiger partial charge in [-0.1, -0.05) is 13.2 Å². The van der Waals surface area contributed by atoms with E-state index in [9.17, 15) is 14.4 Å². The second-order valence-corrected chi connectivity index (χ2v) is 2.12. The molecule has 98 valence electrons. The first-order valence-electron chi connectivity index (χ1n) is 4.14. The first-order chi connectivity index (χ1) is 7.68. The summed E-state index contributed by atoms with van der Waals surface area (Å²) in [6.45, 7) is 7.95. The first kappa shape index (κ1) is 20.0. The summed E-state index contributed by atoms with van der Waals surface area (Å²) < 4.78 is 4.18. The summed E-state index contributed by atoms with van der Waals surface area (Å²) in [4.78, 5) is 28.3. The van der Waals surface area contributed by atoms with E-state index in [1.54, 1.807) is 6.92 Å². The highest BCUT2D eigenvalue weighted by atomic mass is 16.5. The minimum Gasteiger partial charge on any atom is -0.478 e. The summed E-state index contributed by atoms with van der Waals surface area (Å²) in [6.07, 6.45) is 0.123. The topological polar surface area (TPSA) is 153 Å². The van der Waals surface area contributed by atoms with Gasteiger partial charge in [-0.3, -0.25) is 0 Å². The third-order valence-corrected chi connectivity index (χ3v) is 0.736. The lowest BCUT2D eigenvalue weighted by atomic mass is 10.5. The number of primary amides is 1. The van der Waals surface area contributed by atoms with Crippen molar-refractivity contribution in [2.75, 3.05) is 6.61 Å². The molecule has 0 aromatic carbocycles. The Balaban J connectivity index is -0.000000174. The van der Waals surface area contributed by atoms with Crippen LogP contribution in [0, 0.1) is 0 Å². The van der Waals surface area contributed by atoms with Crippen molar-refractivity contribution in [3.05, 3.63) is 24.9 Å². The van der Waals surface area contributed by atoms with Crippen LogP contribution in [0.1, 0.15) is 6.92 Å². The summed E-state index contributed by atoms with van der Waals surface area (Å²) in [5, 5.41) is 15.4. The molecule has 0 aliphatic carbocycles. The molecule has 0 unspecified atom stereocenters. The van der Waals surface area contributed by atoms with Gasteiger partial charge in [0.25, 0.3) is 0 Å². The molecular weight excluding hydrogens is 232 g/mol. The molecule has 0 atom stereocenters. The molecule has 8 nitrogen and oxygen atoms in total. The number of hydrogen-bond donors (Lipinski definition) is 4. The summed E-state index contributed by atoms with van der Waals surface area (Å²) in [7, 11) is 0. The van der Waals surface area contributed by atoms with Gasteiger partial charge in [0.1, 0.15) is 5.70 Å². The maximum atomic E-state index is 9.60. The Morgan fingerprint density at radius 3 is 1.59 bits per heavy atom. The number of carboxylic acids is 2. The summed E-state index contributed by atoms with van der Waals surface area (Å²) in [5.41, 5.74) is 8.86. The van der Waals surface area contributed by atoms with Crippen molar-refractivity contribution >= 4 is 18.0 Å². The van der Waals surface area contributed by atoms with E-state index in [-0.39, 0.29) is 5.70 Å². The Bertz CT molecular complexity index is 275. The molecule has 0 fully saturated rings. The van der Waals surface area contributed by atoms with Gasteiger partial charge in [0, 0.05) is 6.08 Å². The Hall–Kier alpha value is -2.51. The first-order valence-corrected chi connectivity index (χ1v) is 4.14. The van der Waals surface area contributed by atoms with Crippen molar-refractivity contribution < 1.29 is 29.3 Å². The molecule has 0 radical (unpaired) electrons. The lowest BCUT2D eigenvalue weighted by Gasteiger charge is -1.89. The third kappa shape index (κ3) is 42.3. The Morgan fingerprint density at radius 2 is 1.59 bits per heavy atom. The molecule has 0 rings (SSSR count). The van der Waals surface area contributed by atoms with Crippen LogP contribution in [0.4, 0.5) is 4.79 Å². The Kier molecular flexibility index (Phi) is 15.8. The fourth-order valence-electron chi connectivity index (χ4n) is 0.142. The Labute approximate surface area is 98.2 Å². The average molecular weight is 248 g/mol. The summed E-state index contributed by atoms with van der Waals surface area (Å²) >= 11 is 0. The fraction of sp³-hybridized carbons (Fsp3) is 0.222. The molecule has 0 aliphatic heterocycles. The van der Waals surface area contributed by atoms with Crippen LogP contribution in [-0.2, 0) is 14.3 Å². The van der Waals surface area contributed by atoms with Crippen LogP contribution in [-0.4, -0.2) is 34.9 Å². The Morgan fingerprint density at radius 1 is 1.29 bits per heavy atom. The van der Waals surface area contributed by atoms with Gasteiger partial charge in [-0.15, -0.1) is 0 Å². The highest BCUT2D eigenvalue weighted by molar-refractivity contribution is 5.84. The summed E-state index contributed by atoms with van der Waals surface area (Å²) in [5.74, 6) is -2.14. The average Bonchev–Trinajstić information content (AvgIpc) is 2.19. The van der Waals surface area contributed by atoms with Crippen LogP contribution in [0.25, 0.3) is 0 Å². The molecule has 0 saturated carbocycles. The van der Waals surface area contributed by atoms with Crippen LogP contribution >= 0.6 is 0 Å². The molecule has 17 heavy (non-hydrogen) atoms. The lowest BCUT2D eigenvalue weighted by molar-refractivity contribution is -0.133. The van der Waals surface area contributed by atoms with Crippen LogP contribution in [0.3, 0.4) is 0 Å². The van der Waals surface area contributed by atoms with Gasteiger partial charge >= 0.3 is 18.0 Å². The zero-order valence-electron chi connectivity index (χ0n) is 9.38. The van der Waals surface area contributed by atoms with Gasteiger partial charge < -0.3 is 26.4 Å². The van der Waals surface area contributed by atoms with Gasteiger partial charge in [0.05, 0.1) is 6.61 Å². The number of nitrogens with two attached hydrogens (primary N) is 2. The monoisotopic (exact) mass is 248 g/mol. The van der Waals surface area contributed by atoms with E-state index in [0.29, 0.717) is 6.61 Å². The zero-order valence-corrected chi connectivity index (χ0v) is 9.38. The van der Waals surface area contributed by atoms with Crippen molar-refractivity contribution in [1.29, 1.82) is 0 Å². The van der Waals surface area contributed by atoms with Gasteiger partial charge in [0.15, 0.2) is 0 Å². The number of ether oxygens (including phenoxy) is 1. The molecule has 6 N–H and O–H groups in total. The predicted octanol–water partition coefficient (Wildman–Crippen LogP) is -0.0980. The van der Waals surface area contributed by atoms with E-state index >= 15 is 0 Å². The molecule has 1 amide bonds. The fourth-order valence-corrected chi connectivity index (χ4v) is 0.142. The van der Waals surface area contributed by atoms with Crippen LogP contribution in [0.15, 0.2) is 24.9 Å². The third-order valence-electron chi connectivity index (χ3n) is 0.736. The van der Waals surface area contributed by atoms with Crippen LogP contribution in [0.2, 0.25) is 0 Å². The van der Waals surface area contributed by atoms with Crippen molar-refractivity contribution in [3.8, 4) is 0 Å². The molecule has 0 aliphatic rings. The molecule has 0 saturated heterocycles. The molecule has 0 spiro atoms. The molecule has 8 heteroatoms. The second-order valence-electron chi connectivity index (χ2n) is 2.12. The number of carboxylic acid groups (broad SMARTS) is 2. The predicted molar refractivity (Wildman–Crippen MR) is 60.0 cm³/mol. The highest BCUT2D eigenvalue weighted by Gasteiger charge is 1.91. The van der Waals surface area contributed by atoms with Crippen LogP contribution in [0.5, 0.6) is 0 Å². The number of hydrogen-bond acceptors (Lipinski definition) is 5. The zero-order chi connectivity index (χ0) is 14.4. The van der Waals surface area contributed by atoms with Crippen LogP contribution < -0.4 is 11.5 Å².